The fourth-order valence-corrected chi connectivity index (χ4v) is 2.90. The molecular formula is C14H17ClN2O2. The number of carbonyl (C=O) groups excluding carboxylic acids is 1. The lowest BCUT2D eigenvalue weighted by atomic mass is 9.95. The molecule has 0 spiro atoms. The summed E-state index contributed by atoms with van der Waals surface area (Å²) in [5.74, 6) is 0.541. The summed E-state index contributed by atoms with van der Waals surface area (Å²) in [5, 5.41) is 6.86. The van der Waals surface area contributed by atoms with Gasteiger partial charge in [-0.2, -0.15) is 0 Å². The molecule has 0 radical (unpaired) electrons. The minimum atomic E-state index is -0.142. The van der Waals surface area contributed by atoms with Crippen molar-refractivity contribution in [1.82, 2.24) is 0 Å². The Morgan fingerprint density at radius 3 is 2.84 bits per heavy atom. The molecule has 4 nitrogen and oxygen atoms in total. The highest BCUT2D eigenvalue weighted by atomic mass is 35.5. The third-order valence-corrected chi connectivity index (χ3v) is 3.98. The molecule has 1 aromatic carbocycles. The third kappa shape index (κ3) is 2.78. The molecule has 0 bridgehead atoms. The van der Waals surface area contributed by atoms with Gasteiger partial charge in [-0.05, 0) is 18.9 Å². The molecule has 19 heavy (non-hydrogen) atoms. The number of rotatable bonds is 2. The Kier molecular flexibility index (Phi) is 3.51. The van der Waals surface area contributed by atoms with E-state index in [1.807, 2.05) is 6.07 Å². The van der Waals surface area contributed by atoms with Crippen molar-refractivity contribution in [3.05, 3.63) is 17.2 Å². The molecule has 0 unspecified atom stereocenters. The van der Waals surface area contributed by atoms with Gasteiger partial charge in [0, 0.05) is 12.1 Å². The van der Waals surface area contributed by atoms with Gasteiger partial charge in [-0.1, -0.05) is 30.9 Å². The summed E-state index contributed by atoms with van der Waals surface area (Å²) in [4.78, 5) is 11.2. The number of benzene rings is 1. The van der Waals surface area contributed by atoms with Crippen LogP contribution in [0.25, 0.3) is 0 Å². The summed E-state index contributed by atoms with van der Waals surface area (Å²) in [5.41, 5.74) is 1.54. The molecule has 0 atom stereocenters. The normalized spacial score (nSPS) is 19.3. The van der Waals surface area contributed by atoms with E-state index in [1.165, 1.54) is 32.1 Å². The summed E-state index contributed by atoms with van der Waals surface area (Å²) in [6, 6.07) is 4.12. The standard InChI is InChI=1S/C14H17ClN2O2/c15-10-6-12-13(19-8-14(18)17-12)7-11(10)16-9-4-2-1-3-5-9/h6-7,9,16H,1-5,8H2,(H,17,18). The molecular weight excluding hydrogens is 264 g/mol. The maximum Gasteiger partial charge on any atom is 0.262 e. The SMILES string of the molecule is O=C1COc2cc(NC3CCCCC3)c(Cl)cc2N1. The first-order chi connectivity index (χ1) is 9.22. The first kappa shape index (κ1) is 12.6. The molecule has 1 fully saturated rings. The molecule has 0 saturated heterocycles. The fourth-order valence-electron chi connectivity index (χ4n) is 2.68. The first-order valence-electron chi connectivity index (χ1n) is 6.75. The molecule has 102 valence electrons. The summed E-state index contributed by atoms with van der Waals surface area (Å²) in [6.45, 7) is 0.0670. The predicted molar refractivity (Wildman–Crippen MR) is 76.1 cm³/mol. The summed E-state index contributed by atoms with van der Waals surface area (Å²) < 4.78 is 5.41. The third-order valence-electron chi connectivity index (χ3n) is 3.67. The van der Waals surface area contributed by atoms with Crippen molar-refractivity contribution in [3.8, 4) is 5.75 Å². The molecule has 2 aliphatic rings. The van der Waals surface area contributed by atoms with Gasteiger partial charge >= 0.3 is 0 Å². The Morgan fingerprint density at radius 2 is 2.05 bits per heavy atom. The number of carbonyl (C=O) groups is 1. The second-order valence-electron chi connectivity index (χ2n) is 5.14. The maximum atomic E-state index is 11.2. The summed E-state index contributed by atoms with van der Waals surface area (Å²) >= 11 is 6.26. The predicted octanol–water partition coefficient (Wildman–Crippen LogP) is 3.42. The van der Waals surface area contributed by atoms with Crippen LogP contribution in [0.1, 0.15) is 32.1 Å². The van der Waals surface area contributed by atoms with E-state index in [0.717, 1.165) is 5.69 Å². The number of fused-ring (bicyclic) bond motifs is 1. The summed E-state index contributed by atoms with van der Waals surface area (Å²) in [6.07, 6.45) is 6.24. The van der Waals surface area contributed by atoms with Gasteiger partial charge in [-0.15, -0.1) is 0 Å². The van der Waals surface area contributed by atoms with Crippen molar-refractivity contribution < 1.29 is 9.53 Å². The Morgan fingerprint density at radius 1 is 1.26 bits per heavy atom. The summed E-state index contributed by atoms with van der Waals surface area (Å²) in [7, 11) is 0. The van der Waals surface area contributed by atoms with E-state index < -0.39 is 0 Å². The largest absolute Gasteiger partial charge is 0.482 e. The van der Waals surface area contributed by atoms with Gasteiger partial charge in [0.15, 0.2) is 6.61 Å². The molecule has 1 aliphatic carbocycles. The highest BCUT2D eigenvalue weighted by Gasteiger charge is 2.20. The van der Waals surface area contributed by atoms with E-state index in [2.05, 4.69) is 10.6 Å². The molecule has 0 aromatic heterocycles. The fraction of sp³-hybridized carbons (Fsp3) is 0.500. The van der Waals surface area contributed by atoms with Crippen molar-refractivity contribution in [2.24, 2.45) is 0 Å². The van der Waals surface area contributed by atoms with E-state index in [9.17, 15) is 4.79 Å². The molecule has 3 rings (SSSR count). The van der Waals surface area contributed by atoms with E-state index in [1.54, 1.807) is 6.07 Å². The Labute approximate surface area is 117 Å². The molecule has 2 N–H and O–H groups in total. The molecule has 1 heterocycles. The minimum Gasteiger partial charge on any atom is -0.482 e. The Balaban J connectivity index is 1.80. The molecule has 5 heteroatoms. The number of hydrogen-bond donors (Lipinski definition) is 2. The quantitative estimate of drug-likeness (QED) is 0.873. The minimum absolute atomic E-state index is 0.0670. The number of amides is 1. The van der Waals surface area contributed by atoms with Crippen LogP contribution in [0.3, 0.4) is 0 Å². The molecule has 1 amide bonds. The first-order valence-corrected chi connectivity index (χ1v) is 7.13. The van der Waals surface area contributed by atoms with Crippen LogP contribution in [0, 0.1) is 0 Å². The monoisotopic (exact) mass is 280 g/mol. The van der Waals surface area contributed by atoms with Crippen LogP contribution in [-0.4, -0.2) is 18.6 Å². The van der Waals surface area contributed by atoms with Gasteiger partial charge in [-0.3, -0.25) is 4.79 Å². The molecule has 1 aliphatic heterocycles. The van der Waals surface area contributed by atoms with Crippen LogP contribution < -0.4 is 15.4 Å². The van der Waals surface area contributed by atoms with Gasteiger partial charge in [0.05, 0.1) is 16.4 Å². The lowest BCUT2D eigenvalue weighted by molar-refractivity contribution is -0.118. The van der Waals surface area contributed by atoms with Gasteiger partial charge in [-0.25, -0.2) is 0 Å². The van der Waals surface area contributed by atoms with Crippen LogP contribution in [0.15, 0.2) is 12.1 Å². The van der Waals surface area contributed by atoms with E-state index >= 15 is 0 Å². The van der Waals surface area contributed by atoms with Gasteiger partial charge in [0.2, 0.25) is 0 Å². The van der Waals surface area contributed by atoms with Gasteiger partial charge in [0.25, 0.3) is 5.91 Å². The maximum absolute atomic E-state index is 11.2. The number of nitrogens with one attached hydrogen (secondary N) is 2. The lowest BCUT2D eigenvalue weighted by Gasteiger charge is -2.26. The molecule has 1 aromatic rings. The molecule has 1 saturated carbocycles. The van der Waals surface area contributed by atoms with Crippen molar-refractivity contribution in [2.75, 3.05) is 17.2 Å². The Bertz CT molecular complexity index is 498. The second kappa shape index (κ2) is 5.29. The average Bonchev–Trinajstić information content (AvgIpc) is 2.41. The van der Waals surface area contributed by atoms with E-state index in [4.69, 9.17) is 16.3 Å². The van der Waals surface area contributed by atoms with Crippen molar-refractivity contribution >= 4 is 28.9 Å². The van der Waals surface area contributed by atoms with Crippen LogP contribution >= 0.6 is 11.6 Å². The smallest absolute Gasteiger partial charge is 0.262 e. The van der Waals surface area contributed by atoms with Crippen molar-refractivity contribution in [1.29, 1.82) is 0 Å². The zero-order chi connectivity index (χ0) is 13.2. The van der Waals surface area contributed by atoms with E-state index in [-0.39, 0.29) is 12.5 Å². The zero-order valence-electron chi connectivity index (χ0n) is 10.7. The van der Waals surface area contributed by atoms with E-state index in [0.29, 0.717) is 22.5 Å². The second-order valence-corrected chi connectivity index (χ2v) is 5.55. The Hall–Kier alpha value is -1.42. The number of anilines is 2. The van der Waals surface area contributed by atoms with Crippen molar-refractivity contribution in [3.63, 3.8) is 0 Å². The number of ether oxygens (including phenoxy) is 1. The van der Waals surface area contributed by atoms with Crippen LogP contribution in [-0.2, 0) is 4.79 Å². The van der Waals surface area contributed by atoms with Crippen LogP contribution in [0.5, 0.6) is 5.75 Å². The van der Waals surface area contributed by atoms with Gasteiger partial charge in [0.1, 0.15) is 5.75 Å². The van der Waals surface area contributed by atoms with Crippen LogP contribution in [0.2, 0.25) is 5.02 Å². The topological polar surface area (TPSA) is 50.4 Å². The lowest BCUT2D eigenvalue weighted by Crippen LogP contribution is -2.26. The highest BCUT2D eigenvalue weighted by Crippen LogP contribution is 2.37. The number of hydrogen-bond acceptors (Lipinski definition) is 3. The highest BCUT2D eigenvalue weighted by molar-refractivity contribution is 6.33. The number of halogens is 1. The van der Waals surface area contributed by atoms with Crippen LogP contribution in [0.4, 0.5) is 11.4 Å². The van der Waals surface area contributed by atoms with Crippen molar-refractivity contribution in [2.45, 2.75) is 38.1 Å². The zero-order valence-corrected chi connectivity index (χ0v) is 11.4. The van der Waals surface area contributed by atoms with Gasteiger partial charge < -0.3 is 15.4 Å². The average molecular weight is 281 g/mol.